The number of hydrogen-bond donors (Lipinski definition) is 2. The first-order chi connectivity index (χ1) is 10.7. The van der Waals surface area contributed by atoms with E-state index in [-0.39, 0.29) is 24.0 Å². The summed E-state index contributed by atoms with van der Waals surface area (Å²) in [6.07, 6.45) is 1.01. The molecular formula is C17H26IN5. The van der Waals surface area contributed by atoms with Crippen molar-refractivity contribution in [2.45, 2.75) is 33.4 Å². The summed E-state index contributed by atoms with van der Waals surface area (Å²) in [7, 11) is 1.79. The third kappa shape index (κ3) is 6.60. The van der Waals surface area contributed by atoms with Crippen molar-refractivity contribution in [1.82, 2.24) is 20.4 Å². The van der Waals surface area contributed by atoms with E-state index in [0.717, 1.165) is 37.7 Å². The normalized spacial score (nSPS) is 11.0. The van der Waals surface area contributed by atoms with Crippen LogP contribution in [0, 0.1) is 13.8 Å². The molecule has 0 bridgehead atoms. The minimum Gasteiger partial charge on any atom is -0.356 e. The van der Waals surface area contributed by atoms with Crippen LogP contribution in [-0.4, -0.2) is 29.3 Å². The summed E-state index contributed by atoms with van der Waals surface area (Å²) in [6, 6.07) is 12.4. The summed E-state index contributed by atoms with van der Waals surface area (Å²) < 4.78 is 2.05. The zero-order chi connectivity index (χ0) is 15.8. The lowest BCUT2D eigenvalue weighted by Gasteiger charge is -2.12. The molecule has 5 nitrogen and oxygen atoms in total. The number of halogens is 1. The maximum absolute atomic E-state index is 4.47. The molecule has 0 aliphatic carbocycles. The minimum atomic E-state index is 0. The van der Waals surface area contributed by atoms with Crippen LogP contribution < -0.4 is 10.6 Å². The SMILES string of the molecule is CN=C(NCCCn1nc(C)cc1C)NCc1ccccc1.I. The first kappa shape index (κ1) is 19.5. The van der Waals surface area contributed by atoms with E-state index in [1.807, 2.05) is 25.1 Å². The standard InChI is InChI=1S/C17H25N5.HI/c1-14-12-15(2)22(21-14)11-7-10-19-17(18-3)20-13-16-8-5-4-6-9-16;/h4-6,8-9,12H,7,10-11,13H2,1-3H3,(H2,18,19,20);1H. The summed E-state index contributed by atoms with van der Waals surface area (Å²) in [4.78, 5) is 4.24. The average molecular weight is 427 g/mol. The lowest BCUT2D eigenvalue weighted by molar-refractivity contribution is 0.555. The van der Waals surface area contributed by atoms with Crippen LogP contribution in [0.1, 0.15) is 23.4 Å². The molecule has 0 saturated heterocycles. The fraction of sp³-hybridized carbons (Fsp3) is 0.412. The fourth-order valence-electron chi connectivity index (χ4n) is 2.34. The molecule has 23 heavy (non-hydrogen) atoms. The highest BCUT2D eigenvalue weighted by Crippen LogP contribution is 2.02. The van der Waals surface area contributed by atoms with Crippen molar-refractivity contribution in [1.29, 1.82) is 0 Å². The van der Waals surface area contributed by atoms with Gasteiger partial charge in [-0.1, -0.05) is 30.3 Å². The second-order valence-electron chi connectivity index (χ2n) is 5.34. The molecule has 0 saturated carbocycles. The van der Waals surface area contributed by atoms with Crippen LogP contribution in [0.25, 0.3) is 0 Å². The fourth-order valence-corrected chi connectivity index (χ4v) is 2.34. The minimum absolute atomic E-state index is 0. The number of nitrogens with zero attached hydrogens (tertiary/aromatic N) is 3. The van der Waals surface area contributed by atoms with Crippen LogP contribution >= 0.6 is 24.0 Å². The zero-order valence-corrected chi connectivity index (χ0v) is 16.4. The van der Waals surface area contributed by atoms with Gasteiger partial charge in [0.2, 0.25) is 0 Å². The Labute approximate surface area is 155 Å². The van der Waals surface area contributed by atoms with Crippen molar-refractivity contribution in [2.75, 3.05) is 13.6 Å². The van der Waals surface area contributed by atoms with Gasteiger partial charge in [-0.05, 0) is 31.9 Å². The second-order valence-corrected chi connectivity index (χ2v) is 5.34. The molecule has 1 aromatic heterocycles. The Bertz CT molecular complexity index is 607. The van der Waals surface area contributed by atoms with Gasteiger partial charge in [0.1, 0.15) is 0 Å². The van der Waals surface area contributed by atoms with Gasteiger partial charge in [0, 0.05) is 32.4 Å². The molecule has 2 rings (SSSR count). The van der Waals surface area contributed by atoms with Gasteiger partial charge in [0.25, 0.3) is 0 Å². The first-order valence-corrected chi connectivity index (χ1v) is 7.68. The van der Waals surface area contributed by atoms with Crippen molar-refractivity contribution in [2.24, 2.45) is 4.99 Å². The molecule has 0 amide bonds. The zero-order valence-electron chi connectivity index (χ0n) is 14.0. The predicted molar refractivity (Wildman–Crippen MR) is 106 cm³/mol. The van der Waals surface area contributed by atoms with Crippen molar-refractivity contribution >= 4 is 29.9 Å². The molecule has 0 unspecified atom stereocenters. The number of aryl methyl sites for hydroxylation is 3. The topological polar surface area (TPSA) is 54.2 Å². The van der Waals surface area contributed by atoms with E-state index in [2.05, 4.69) is 50.5 Å². The van der Waals surface area contributed by atoms with E-state index < -0.39 is 0 Å². The van der Waals surface area contributed by atoms with Crippen LogP contribution in [-0.2, 0) is 13.1 Å². The molecular weight excluding hydrogens is 401 g/mol. The van der Waals surface area contributed by atoms with Gasteiger partial charge in [-0.15, -0.1) is 24.0 Å². The van der Waals surface area contributed by atoms with Crippen LogP contribution in [0.5, 0.6) is 0 Å². The maximum atomic E-state index is 4.47. The molecule has 6 heteroatoms. The van der Waals surface area contributed by atoms with Crippen molar-refractivity contribution < 1.29 is 0 Å². The van der Waals surface area contributed by atoms with Gasteiger partial charge < -0.3 is 10.6 Å². The molecule has 0 aliphatic rings. The molecule has 0 aliphatic heterocycles. The third-order valence-electron chi connectivity index (χ3n) is 3.47. The van der Waals surface area contributed by atoms with Crippen molar-refractivity contribution in [3.8, 4) is 0 Å². The van der Waals surface area contributed by atoms with Gasteiger partial charge in [-0.2, -0.15) is 5.10 Å². The smallest absolute Gasteiger partial charge is 0.191 e. The van der Waals surface area contributed by atoms with E-state index in [4.69, 9.17) is 0 Å². The highest BCUT2D eigenvalue weighted by atomic mass is 127. The Morgan fingerprint density at radius 2 is 1.91 bits per heavy atom. The van der Waals surface area contributed by atoms with Gasteiger partial charge >= 0.3 is 0 Å². The van der Waals surface area contributed by atoms with Crippen LogP contribution in [0.15, 0.2) is 41.4 Å². The highest BCUT2D eigenvalue weighted by molar-refractivity contribution is 14.0. The number of benzene rings is 1. The highest BCUT2D eigenvalue weighted by Gasteiger charge is 2.01. The lowest BCUT2D eigenvalue weighted by Crippen LogP contribution is -2.37. The number of hydrogen-bond acceptors (Lipinski definition) is 2. The summed E-state index contributed by atoms with van der Waals surface area (Å²) in [5.41, 5.74) is 3.53. The summed E-state index contributed by atoms with van der Waals surface area (Å²) in [5, 5.41) is 11.1. The first-order valence-electron chi connectivity index (χ1n) is 7.68. The third-order valence-corrected chi connectivity index (χ3v) is 3.47. The Hall–Kier alpha value is -1.57. The van der Waals surface area contributed by atoms with E-state index in [0.29, 0.717) is 0 Å². The van der Waals surface area contributed by atoms with Crippen molar-refractivity contribution in [3.05, 3.63) is 53.3 Å². The lowest BCUT2D eigenvalue weighted by atomic mass is 10.2. The van der Waals surface area contributed by atoms with Crippen molar-refractivity contribution in [3.63, 3.8) is 0 Å². The number of aromatic nitrogens is 2. The Balaban J connectivity index is 0.00000264. The summed E-state index contributed by atoms with van der Waals surface area (Å²) >= 11 is 0. The van der Waals surface area contributed by atoms with Crippen LogP contribution in [0.3, 0.4) is 0 Å². The monoisotopic (exact) mass is 427 g/mol. The Morgan fingerprint density at radius 3 is 2.52 bits per heavy atom. The number of guanidine groups is 1. The molecule has 2 aromatic rings. The average Bonchev–Trinajstić information content (AvgIpc) is 2.85. The summed E-state index contributed by atoms with van der Waals surface area (Å²) in [5.74, 6) is 0.831. The maximum Gasteiger partial charge on any atom is 0.191 e. The predicted octanol–water partition coefficient (Wildman–Crippen LogP) is 2.87. The van der Waals surface area contributed by atoms with E-state index in [1.165, 1.54) is 11.3 Å². The second kappa shape index (κ2) is 10.3. The molecule has 126 valence electrons. The Morgan fingerprint density at radius 1 is 1.17 bits per heavy atom. The van der Waals surface area contributed by atoms with Gasteiger partial charge in [-0.3, -0.25) is 9.67 Å². The molecule has 0 atom stereocenters. The van der Waals surface area contributed by atoms with Gasteiger partial charge in [0.15, 0.2) is 5.96 Å². The molecule has 1 aromatic carbocycles. The van der Waals surface area contributed by atoms with Crippen LogP contribution in [0.4, 0.5) is 0 Å². The van der Waals surface area contributed by atoms with E-state index in [1.54, 1.807) is 7.05 Å². The Kier molecular flexibility index (Phi) is 8.68. The van der Waals surface area contributed by atoms with Gasteiger partial charge in [-0.25, -0.2) is 0 Å². The van der Waals surface area contributed by atoms with Crippen LogP contribution in [0.2, 0.25) is 0 Å². The number of rotatable bonds is 6. The molecule has 0 radical (unpaired) electrons. The quantitative estimate of drug-likeness (QED) is 0.323. The molecule has 2 N–H and O–H groups in total. The number of aliphatic imine (C=N–C) groups is 1. The van der Waals surface area contributed by atoms with Gasteiger partial charge in [0.05, 0.1) is 5.69 Å². The molecule has 0 spiro atoms. The van der Waals surface area contributed by atoms with E-state index >= 15 is 0 Å². The largest absolute Gasteiger partial charge is 0.356 e. The molecule has 1 heterocycles. The summed E-state index contributed by atoms with van der Waals surface area (Å²) in [6.45, 7) is 6.68. The number of nitrogens with one attached hydrogen (secondary N) is 2. The van der Waals surface area contributed by atoms with E-state index in [9.17, 15) is 0 Å². The molecule has 0 fully saturated rings.